The molecule has 5 nitrogen and oxygen atoms in total. The molecular formula is C17H28N3O2+. The average Bonchev–Trinajstić information content (AvgIpc) is 2.47. The van der Waals surface area contributed by atoms with Gasteiger partial charge in [-0.15, -0.1) is 6.58 Å². The Morgan fingerprint density at radius 3 is 2.77 bits per heavy atom. The summed E-state index contributed by atoms with van der Waals surface area (Å²) in [6, 6.07) is 3.91. The van der Waals surface area contributed by atoms with E-state index in [0.29, 0.717) is 19.1 Å². The van der Waals surface area contributed by atoms with Crippen molar-refractivity contribution in [1.29, 1.82) is 0 Å². The maximum absolute atomic E-state index is 5.77. The molecule has 0 aliphatic heterocycles. The lowest BCUT2D eigenvalue weighted by Gasteiger charge is -2.15. The van der Waals surface area contributed by atoms with Crippen molar-refractivity contribution in [2.45, 2.75) is 26.9 Å². The van der Waals surface area contributed by atoms with Crippen molar-refractivity contribution in [2.75, 3.05) is 38.8 Å². The van der Waals surface area contributed by atoms with E-state index in [-0.39, 0.29) is 6.10 Å². The van der Waals surface area contributed by atoms with Crippen molar-refractivity contribution in [1.82, 2.24) is 4.98 Å². The maximum atomic E-state index is 5.77. The topological polar surface area (TPSA) is 37.6 Å². The van der Waals surface area contributed by atoms with Crippen LogP contribution in [0, 0.1) is 6.92 Å². The second-order valence-corrected chi connectivity index (χ2v) is 5.31. The van der Waals surface area contributed by atoms with Crippen LogP contribution in [0.2, 0.25) is 0 Å². The third kappa shape index (κ3) is 5.85. The molecule has 0 aliphatic rings. The van der Waals surface area contributed by atoms with Gasteiger partial charge in [0.25, 0.3) is 0 Å². The molecular weight excluding hydrogens is 278 g/mol. The van der Waals surface area contributed by atoms with Gasteiger partial charge in [-0.05, 0) is 26.8 Å². The number of rotatable bonds is 9. The van der Waals surface area contributed by atoms with Crippen molar-refractivity contribution < 1.29 is 14.0 Å². The number of pyridine rings is 1. The van der Waals surface area contributed by atoms with Crippen LogP contribution in [0.5, 0.6) is 5.88 Å². The molecule has 1 aromatic rings. The normalized spacial score (nSPS) is 12.9. The first-order chi connectivity index (χ1) is 10.5. The third-order valence-electron chi connectivity index (χ3n) is 3.19. The summed E-state index contributed by atoms with van der Waals surface area (Å²) in [6.45, 7) is 11.7. The number of nitrogens with zero attached hydrogens (tertiary/aromatic N) is 3. The number of hydrogen-bond acceptors (Lipinski definition) is 3. The lowest BCUT2D eigenvalue weighted by atomic mass is 10.3. The summed E-state index contributed by atoms with van der Waals surface area (Å²) in [5.41, 5.74) is 1.99. The molecule has 0 bridgehead atoms. The van der Waals surface area contributed by atoms with E-state index in [1.54, 1.807) is 6.08 Å². The first-order valence-corrected chi connectivity index (χ1v) is 7.58. The van der Waals surface area contributed by atoms with Gasteiger partial charge in [-0.1, -0.05) is 6.08 Å². The second-order valence-electron chi connectivity index (χ2n) is 5.31. The van der Waals surface area contributed by atoms with Gasteiger partial charge in [0, 0.05) is 6.07 Å². The Bertz CT molecular complexity index is 515. The summed E-state index contributed by atoms with van der Waals surface area (Å²) in [5, 5.41) is 0. The summed E-state index contributed by atoms with van der Waals surface area (Å²) in [6.07, 6.45) is 3.73. The Morgan fingerprint density at radius 2 is 2.18 bits per heavy atom. The molecule has 1 heterocycles. The Hall–Kier alpha value is -1.88. The van der Waals surface area contributed by atoms with Crippen molar-refractivity contribution in [3.05, 3.63) is 30.5 Å². The van der Waals surface area contributed by atoms with Gasteiger partial charge in [-0.3, -0.25) is 4.58 Å². The van der Waals surface area contributed by atoms with Crippen molar-refractivity contribution in [3.63, 3.8) is 0 Å². The van der Waals surface area contributed by atoms with Gasteiger partial charge in [-0.2, -0.15) is 0 Å². The van der Waals surface area contributed by atoms with E-state index < -0.39 is 0 Å². The van der Waals surface area contributed by atoms with Gasteiger partial charge in [0.05, 0.1) is 39.5 Å². The number of hydrogen-bond donors (Lipinski definition) is 0. The minimum Gasteiger partial charge on any atom is -0.472 e. The highest BCUT2D eigenvalue weighted by Gasteiger charge is 2.13. The van der Waals surface area contributed by atoms with E-state index in [9.17, 15) is 0 Å². The molecule has 0 fully saturated rings. The fraction of sp³-hybridized carbons (Fsp3) is 0.529. The van der Waals surface area contributed by atoms with Crippen molar-refractivity contribution >= 4 is 12.0 Å². The third-order valence-corrected chi connectivity index (χ3v) is 3.19. The fourth-order valence-corrected chi connectivity index (χ4v) is 1.97. The molecule has 0 radical (unpaired) electrons. The molecule has 22 heavy (non-hydrogen) atoms. The van der Waals surface area contributed by atoms with E-state index in [2.05, 4.69) is 34.3 Å². The number of aryl methyl sites for hydroxylation is 1. The van der Waals surface area contributed by atoms with Crippen molar-refractivity contribution in [3.8, 4) is 5.88 Å². The SMILES string of the molecule is C=CCOC[C@@H](C)Oc1ccc(N(C)C=[N+](C)CC)c(C)n1. The summed E-state index contributed by atoms with van der Waals surface area (Å²) in [5.74, 6) is 0.619. The molecule has 0 saturated carbocycles. The van der Waals surface area contributed by atoms with Crippen LogP contribution in [0.3, 0.4) is 0 Å². The van der Waals surface area contributed by atoms with Crippen molar-refractivity contribution in [2.24, 2.45) is 0 Å². The van der Waals surface area contributed by atoms with Crippen LogP contribution in [0.25, 0.3) is 0 Å². The Labute approximate surface area is 133 Å². The second kappa shape index (κ2) is 9.20. The van der Waals surface area contributed by atoms with Gasteiger partial charge in [0.1, 0.15) is 11.8 Å². The van der Waals surface area contributed by atoms with Gasteiger partial charge in [-0.25, -0.2) is 9.88 Å². The van der Waals surface area contributed by atoms with E-state index in [4.69, 9.17) is 9.47 Å². The highest BCUT2D eigenvalue weighted by atomic mass is 16.5. The highest BCUT2D eigenvalue weighted by Crippen LogP contribution is 2.20. The molecule has 122 valence electrons. The first kappa shape index (κ1) is 18.2. The molecule has 1 aromatic heterocycles. The first-order valence-electron chi connectivity index (χ1n) is 7.58. The van der Waals surface area contributed by atoms with Crippen LogP contribution >= 0.6 is 0 Å². The highest BCUT2D eigenvalue weighted by molar-refractivity contribution is 5.76. The molecule has 5 heteroatoms. The van der Waals surface area contributed by atoms with Gasteiger partial charge < -0.3 is 9.47 Å². The molecule has 0 aliphatic carbocycles. The minimum atomic E-state index is -0.0479. The monoisotopic (exact) mass is 306 g/mol. The predicted octanol–water partition coefficient (Wildman–Crippen LogP) is 2.49. The van der Waals surface area contributed by atoms with Gasteiger partial charge in [0.15, 0.2) is 0 Å². The van der Waals surface area contributed by atoms with E-state index in [1.165, 1.54) is 0 Å². The lowest BCUT2D eigenvalue weighted by molar-refractivity contribution is -0.489. The number of aromatic nitrogens is 1. The van der Waals surface area contributed by atoms with E-state index in [0.717, 1.165) is 17.9 Å². The largest absolute Gasteiger partial charge is 0.472 e. The molecule has 0 aromatic carbocycles. The number of ether oxygens (including phenoxy) is 2. The summed E-state index contributed by atoms with van der Waals surface area (Å²) < 4.78 is 13.3. The minimum absolute atomic E-state index is 0.0479. The van der Waals surface area contributed by atoms with Gasteiger partial charge >= 0.3 is 0 Å². The zero-order valence-corrected chi connectivity index (χ0v) is 14.4. The lowest BCUT2D eigenvalue weighted by Crippen LogP contribution is -2.24. The zero-order chi connectivity index (χ0) is 16.5. The molecule has 0 amide bonds. The Morgan fingerprint density at radius 1 is 1.45 bits per heavy atom. The predicted molar refractivity (Wildman–Crippen MR) is 91.3 cm³/mol. The standard InChI is InChI=1S/C17H28N3O2/c1-7-11-21-12-14(3)22-17-10-9-16(15(4)18-17)20(6)13-19(5)8-2/h7,9-10,13-14H,1,8,11-12H2,2-6H3/q+1/t14-/m1/s1. The molecule has 1 atom stereocenters. The van der Waals surface area contributed by atoms with Crippen LogP contribution in [-0.2, 0) is 4.74 Å². The summed E-state index contributed by atoms with van der Waals surface area (Å²) in [4.78, 5) is 6.58. The molecule has 0 N–H and O–H groups in total. The molecule has 1 rings (SSSR count). The zero-order valence-electron chi connectivity index (χ0n) is 14.4. The molecule has 0 spiro atoms. The number of anilines is 1. The van der Waals surface area contributed by atoms with Crippen LogP contribution in [0.4, 0.5) is 5.69 Å². The molecule has 0 saturated heterocycles. The quantitative estimate of drug-likeness (QED) is 0.231. The van der Waals surface area contributed by atoms with Crippen LogP contribution in [-0.4, -0.2) is 55.9 Å². The fourth-order valence-electron chi connectivity index (χ4n) is 1.97. The van der Waals surface area contributed by atoms with Gasteiger partial charge in [0.2, 0.25) is 12.2 Å². The summed E-state index contributed by atoms with van der Waals surface area (Å²) in [7, 11) is 4.06. The Balaban J connectivity index is 2.71. The molecule has 0 unspecified atom stereocenters. The summed E-state index contributed by atoms with van der Waals surface area (Å²) >= 11 is 0. The van der Waals surface area contributed by atoms with Crippen LogP contribution in [0.1, 0.15) is 19.5 Å². The van der Waals surface area contributed by atoms with Crippen LogP contribution < -0.4 is 9.64 Å². The van der Waals surface area contributed by atoms with Crippen LogP contribution in [0.15, 0.2) is 24.8 Å². The van der Waals surface area contributed by atoms with E-state index in [1.807, 2.05) is 40.1 Å². The Kier molecular flexibility index (Phi) is 7.60. The maximum Gasteiger partial charge on any atom is 0.238 e. The smallest absolute Gasteiger partial charge is 0.238 e. The average molecular weight is 306 g/mol. The van der Waals surface area contributed by atoms with E-state index >= 15 is 0 Å².